The summed E-state index contributed by atoms with van der Waals surface area (Å²) in [6, 6.07) is 1.53. The number of aldehydes is 1. The van der Waals surface area contributed by atoms with Gasteiger partial charge in [0.15, 0.2) is 0 Å². The summed E-state index contributed by atoms with van der Waals surface area (Å²) in [5.41, 5.74) is -1.30. The molecule has 0 radical (unpaired) electrons. The third-order valence-electron chi connectivity index (χ3n) is 2.97. The molecule has 0 aromatic heterocycles. The molecule has 0 heterocycles. The SMILES string of the molecule is CC(C)(C=O)CNC(F)(F)C(F)(F)COS(=O)(=O)c1ccccc1. The van der Waals surface area contributed by atoms with Gasteiger partial charge in [-0.25, -0.2) is 0 Å². The molecule has 136 valence electrons. The zero-order valence-electron chi connectivity index (χ0n) is 12.9. The van der Waals surface area contributed by atoms with Gasteiger partial charge in [-0.15, -0.1) is 0 Å². The first-order valence-corrected chi connectivity index (χ1v) is 8.15. The number of nitrogens with one attached hydrogen (secondary N) is 1. The van der Waals surface area contributed by atoms with Gasteiger partial charge in [-0.1, -0.05) is 32.0 Å². The first-order chi connectivity index (χ1) is 10.8. The molecular formula is C14H17F4NO4S. The van der Waals surface area contributed by atoms with Gasteiger partial charge >= 0.3 is 12.0 Å². The number of halogens is 4. The fraction of sp³-hybridized carbons (Fsp3) is 0.500. The van der Waals surface area contributed by atoms with Gasteiger partial charge < -0.3 is 4.79 Å². The van der Waals surface area contributed by atoms with Crippen LogP contribution in [0.5, 0.6) is 0 Å². The quantitative estimate of drug-likeness (QED) is 0.312. The highest BCUT2D eigenvalue weighted by atomic mass is 32.2. The molecule has 0 aliphatic carbocycles. The Hall–Kier alpha value is -1.52. The smallest absolute Gasteiger partial charge is 0.303 e. The number of rotatable bonds is 9. The number of alkyl halides is 4. The summed E-state index contributed by atoms with van der Waals surface area (Å²) in [6.07, 6.45) is 0.338. The zero-order valence-corrected chi connectivity index (χ0v) is 13.7. The second-order valence-corrected chi connectivity index (χ2v) is 7.38. The second-order valence-electron chi connectivity index (χ2n) is 5.77. The van der Waals surface area contributed by atoms with Crippen molar-refractivity contribution in [2.45, 2.75) is 30.7 Å². The van der Waals surface area contributed by atoms with Crippen molar-refractivity contribution >= 4 is 16.4 Å². The maximum Gasteiger partial charge on any atom is 0.367 e. The lowest BCUT2D eigenvalue weighted by atomic mass is 9.96. The van der Waals surface area contributed by atoms with Gasteiger partial charge in [0.25, 0.3) is 10.1 Å². The van der Waals surface area contributed by atoms with E-state index in [9.17, 15) is 30.8 Å². The Labute approximate surface area is 137 Å². The molecular weight excluding hydrogens is 354 g/mol. The van der Waals surface area contributed by atoms with Gasteiger partial charge in [0, 0.05) is 12.0 Å². The van der Waals surface area contributed by atoms with E-state index < -0.39 is 45.5 Å². The molecule has 0 atom stereocenters. The summed E-state index contributed by atoms with van der Waals surface area (Å²) in [4.78, 5) is 10.2. The predicted molar refractivity (Wildman–Crippen MR) is 77.3 cm³/mol. The normalized spacial score (nSPS) is 13.8. The second kappa shape index (κ2) is 7.16. The van der Waals surface area contributed by atoms with Crippen molar-refractivity contribution < 1.29 is 35.0 Å². The summed E-state index contributed by atoms with van der Waals surface area (Å²) in [7, 11) is -4.60. The van der Waals surface area contributed by atoms with Crippen LogP contribution in [0, 0.1) is 5.41 Å². The molecule has 5 nitrogen and oxygen atoms in total. The Morgan fingerprint density at radius 1 is 1.12 bits per heavy atom. The van der Waals surface area contributed by atoms with E-state index in [0.29, 0.717) is 6.29 Å². The number of carbonyl (C=O) groups is 1. The summed E-state index contributed by atoms with van der Waals surface area (Å²) in [5, 5.41) is 1.28. The molecule has 24 heavy (non-hydrogen) atoms. The molecule has 1 rings (SSSR count). The molecule has 0 spiro atoms. The van der Waals surface area contributed by atoms with E-state index in [1.807, 2.05) is 0 Å². The molecule has 1 N–H and O–H groups in total. The molecule has 0 fully saturated rings. The van der Waals surface area contributed by atoms with E-state index >= 15 is 0 Å². The highest BCUT2D eigenvalue weighted by Gasteiger charge is 2.57. The standard InChI is InChI=1S/C14H17F4NO4S/c1-12(2,9-20)8-19-14(17,18)13(15,16)10-23-24(21,22)11-6-4-3-5-7-11/h3-7,9,19H,8,10H2,1-2H3. The fourth-order valence-corrected chi connectivity index (χ4v) is 2.34. The van der Waals surface area contributed by atoms with E-state index in [0.717, 1.165) is 12.1 Å². The Balaban J connectivity index is 2.79. The maximum atomic E-state index is 13.6. The lowest BCUT2D eigenvalue weighted by Crippen LogP contribution is -2.56. The van der Waals surface area contributed by atoms with E-state index in [1.54, 1.807) is 0 Å². The third-order valence-corrected chi connectivity index (χ3v) is 4.25. The molecule has 1 aromatic rings. The van der Waals surface area contributed by atoms with E-state index in [-0.39, 0.29) is 0 Å². The Bertz CT molecular complexity index is 663. The van der Waals surface area contributed by atoms with Crippen molar-refractivity contribution in [3.8, 4) is 0 Å². The van der Waals surface area contributed by atoms with E-state index in [2.05, 4.69) is 4.18 Å². The van der Waals surface area contributed by atoms with Gasteiger partial charge in [-0.2, -0.15) is 26.0 Å². The van der Waals surface area contributed by atoms with Crippen LogP contribution in [0.2, 0.25) is 0 Å². The monoisotopic (exact) mass is 371 g/mol. The van der Waals surface area contributed by atoms with Gasteiger partial charge in [0.1, 0.15) is 12.9 Å². The number of carbonyl (C=O) groups excluding carboxylic acids is 1. The van der Waals surface area contributed by atoms with Crippen LogP contribution in [0.15, 0.2) is 35.2 Å². The lowest BCUT2D eigenvalue weighted by molar-refractivity contribution is -0.238. The Morgan fingerprint density at radius 3 is 2.17 bits per heavy atom. The van der Waals surface area contributed by atoms with Crippen molar-refractivity contribution in [3.05, 3.63) is 30.3 Å². The van der Waals surface area contributed by atoms with Crippen LogP contribution in [-0.2, 0) is 19.1 Å². The molecule has 0 bridgehead atoms. The largest absolute Gasteiger partial charge is 0.367 e. The fourth-order valence-electron chi connectivity index (χ4n) is 1.41. The van der Waals surface area contributed by atoms with E-state index in [4.69, 9.17) is 0 Å². The molecule has 0 aliphatic rings. The lowest BCUT2D eigenvalue weighted by Gasteiger charge is -2.29. The van der Waals surface area contributed by atoms with Crippen LogP contribution in [0.25, 0.3) is 0 Å². The van der Waals surface area contributed by atoms with Crippen LogP contribution < -0.4 is 5.32 Å². The van der Waals surface area contributed by atoms with E-state index in [1.165, 1.54) is 37.4 Å². The summed E-state index contributed by atoms with van der Waals surface area (Å²) >= 11 is 0. The Kier molecular flexibility index (Phi) is 6.12. The molecule has 0 saturated carbocycles. The topological polar surface area (TPSA) is 72.5 Å². The molecule has 10 heteroatoms. The van der Waals surface area contributed by atoms with Crippen LogP contribution in [-0.4, -0.2) is 39.8 Å². The molecule has 0 aliphatic heterocycles. The molecule has 0 amide bonds. The Morgan fingerprint density at radius 2 is 1.67 bits per heavy atom. The van der Waals surface area contributed by atoms with Crippen molar-refractivity contribution in [2.24, 2.45) is 5.41 Å². The minimum atomic E-state index is -4.81. The number of benzene rings is 1. The summed E-state index contributed by atoms with van der Waals surface area (Å²) in [5.74, 6) is -4.81. The predicted octanol–water partition coefficient (Wildman–Crippen LogP) is 2.43. The van der Waals surface area contributed by atoms with Crippen molar-refractivity contribution in [1.82, 2.24) is 5.32 Å². The summed E-state index contributed by atoms with van der Waals surface area (Å²) in [6.45, 7) is -0.231. The first kappa shape index (κ1) is 20.5. The van der Waals surface area contributed by atoms with Crippen molar-refractivity contribution in [1.29, 1.82) is 0 Å². The van der Waals surface area contributed by atoms with Gasteiger partial charge in [0.05, 0.1) is 4.90 Å². The third kappa shape index (κ3) is 5.25. The van der Waals surface area contributed by atoms with Crippen LogP contribution in [0.3, 0.4) is 0 Å². The molecule has 1 aromatic carbocycles. The van der Waals surface area contributed by atoms with Crippen LogP contribution >= 0.6 is 0 Å². The number of hydrogen-bond acceptors (Lipinski definition) is 5. The van der Waals surface area contributed by atoms with Crippen molar-refractivity contribution in [2.75, 3.05) is 13.2 Å². The highest BCUT2D eigenvalue weighted by Crippen LogP contribution is 2.33. The maximum absolute atomic E-state index is 13.6. The molecule has 0 unspecified atom stereocenters. The van der Waals surface area contributed by atoms with Gasteiger partial charge in [0.2, 0.25) is 0 Å². The minimum Gasteiger partial charge on any atom is -0.303 e. The minimum absolute atomic E-state index is 0.338. The molecule has 0 saturated heterocycles. The van der Waals surface area contributed by atoms with Crippen molar-refractivity contribution in [3.63, 3.8) is 0 Å². The first-order valence-electron chi connectivity index (χ1n) is 6.74. The van der Waals surface area contributed by atoms with Crippen LogP contribution in [0.4, 0.5) is 17.6 Å². The average Bonchev–Trinajstić information content (AvgIpc) is 2.52. The van der Waals surface area contributed by atoms with Gasteiger partial charge in [-0.05, 0) is 12.1 Å². The van der Waals surface area contributed by atoms with Gasteiger partial charge in [-0.3, -0.25) is 9.50 Å². The number of hydrogen-bond donors (Lipinski definition) is 1. The average molecular weight is 371 g/mol. The zero-order chi connectivity index (χ0) is 18.6. The summed E-state index contributed by atoms with van der Waals surface area (Å²) < 4.78 is 81.9. The highest BCUT2D eigenvalue weighted by molar-refractivity contribution is 7.86. The van der Waals surface area contributed by atoms with Crippen LogP contribution in [0.1, 0.15) is 13.8 Å².